The average Bonchev–Trinajstić information content (AvgIpc) is 3.40. The van der Waals surface area contributed by atoms with Crippen molar-refractivity contribution in [3.63, 3.8) is 0 Å². The second kappa shape index (κ2) is 10.1. The summed E-state index contributed by atoms with van der Waals surface area (Å²) >= 11 is 0. The van der Waals surface area contributed by atoms with E-state index in [2.05, 4.69) is 18.9 Å². The van der Waals surface area contributed by atoms with E-state index in [1.54, 1.807) is 31.4 Å². The van der Waals surface area contributed by atoms with Crippen molar-refractivity contribution in [2.75, 3.05) is 48.2 Å². The van der Waals surface area contributed by atoms with Crippen LogP contribution >= 0.6 is 0 Å². The van der Waals surface area contributed by atoms with Gasteiger partial charge in [0.05, 0.1) is 26.3 Å². The number of carbonyl (C=O) groups excluding carboxylic acids is 3. The van der Waals surface area contributed by atoms with Crippen LogP contribution in [0.25, 0.3) is 6.08 Å². The summed E-state index contributed by atoms with van der Waals surface area (Å²) < 4.78 is 22.8. The van der Waals surface area contributed by atoms with Crippen molar-refractivity contribution >= 4 is 23.9 Å². The van der Waals surface area contributed by atoms with Crippen LogP contribution in [0.5, 0.6) is 23.0 Å². The van der Waals surface area contributed by atoms with E-state index in [1.807, 2.05) is 6.07 Å². The summed E-state index contributed by atoms with van der Waals surface area (Å²) in [6.07, 6.45) is 2.36. The van der Waals surface area contributed by atoms with Gasteiger partial charge in [0, 0.05) is 20.5 Å². The number of imide groups is 2. The van der Waals surface area contributed by atoms with Crippen molar-refractivity contribution in [3.05, 3.63) is 52.6 Å². The molecule has 2 atom stereocenters. The molecule has 196 valence electrons. The third-order valence-corrected chi connectivity index (χ3v) is 6.91. The van der Waals surface area contributed by atoms with Crippen LogP contribution in [-0.2, 0) is 16.0 Å². The van der Waals surface area contributed by atoms with Crippen LogP contribution in [0.15, 0.2) is 35.9 Å². The second-order valence-corrected chi connectivity index (χ2v) is 9.24. The van der Waals surface area contributed by atoms with Crippen LogP contribution in [0.2, 0.25) is 0 Å². The number of ether oxygens (including phenoxy) is 4. The van der Waals surface area contributed by atoms with Crippen LogP contribution in [0.1, 0.15) is 22.7 Å². The zero-order valence-corrected chi connectivity index (χ0v) is 21.6. The van der Waals surface area contributed by atoms with E-state index in [0.29, 0.717) is 28.6 Å². The molecule has 0 bridgehead atoms. The lowest BCUT2D eigenvalue weighted by Crippen LogP contribution is -3.10. The number of hydrogen-bond donors (Lipinski definition) is 1. The van der Waals surface area contributed by atoms with Gasteiger partial charge in [0.25, 0.3) is 11.8 Å². The van der Waals surface area contributed by atoms with Crippen molar-refractivity contribution in [1.82, 2.24) is 9.80 Å². The van der Waals surface area contributed by atoms with E-state index in [0.717, 1.165) is 33.9 Å². The van der Waals surface area contributed by atoms with Gasteiger partial charge in [-0.05, 0) is 41.3 Å². The highest BCUT2D eigenvalue weighted by molar-refractivity contribution is 6.30. The quantitative estimate of drug-likeness (QED) is 0.367. The SMILES string of the molecule is COc1c2c(cc3c1[C@@H](C#CCOc1ccc(C=C4C(=O)N(C)C(=O)N(C)C4=O)cc1)[NH+](C)CC3)OCO2. The average molecular weight is 519 g/mol. The lowest BCUT2D eigenvalue weighted by atomic mass is 9.91. The molecule has 0 aliphatic carbocycles. The number of methoxy groups -OCH3 is 1. The zero-order valence-electron chi connectivity index (χ0n) is 21.6. The molecule has 1 unspecified atom stereocenters. The molecule has 0 aromatic heterocycles. The number of nitrogens with zero attached hydrogens (tertiary/aromatic N) is 2. The highest BCUT2D eigenvalue weighted by Crippen LogP contribution is 2.47. The fourth-order valence-electron chi connectivity index (χ4n) is 4.79. The Balaban J connectivity index is 1.28. The Kier molecular flexibility index (Phi) is 6.70. The predicted octanol–water partition coefficient (Wildman–Crippen LogP) is 1.05. The number of quaternary nitrogens is 1. The van der Waals surface area contributed by atoms with Crippen LogP contribution in [-0.4, -0.2) is 75.8 Å². The standard InChI is InChI=1S/C28H27N3O7/c1-29-12-11-18-15-22-24(38-16-37-22)25(35-4)23(18)21(29)6-5-13-36-19-9-7-17(8-10-19)14-20-26(32)30(2)28(34)31(3)27(20)33/h7-10,14-15,21H,11-13,16H2,1-4H3/p+1/t21-/m1/s1. The fourth-order valence-corrected chi connectivity index (χ4v) is 4.79. The number of carbonyl (C=O) groups is 3. The summed E-state index contributed by atoms with van der Waals surface area (Å²) in [5.74, 6) is 7.81. The highest BCUT2D eigenvalue weighted by Gasteiger charge is 2.38. The molecular weight excluding hydrogens is 490 g/mol. The second-order valence-electron chi connectivity index (χ2n) is 9.24. The molecule has 10 heteroatoms. The first kappa shape index (κ1) is 25.2. The number of benzene rings is 2. The molecule has 3 aliphatic heterocycles. The topological polar surface area (TPSA) is 99.1 Å². The van der Waals surface area contributed by atoms with Gasteiger partial charge in [0.1, 0.15) is 17.9 Å². The maximum atomic E-state index is 12.4. The molecule has 5 rings (SSSR count). The monoisotopic (exact) mass is 518 g/mol. The van der Waals surface area contributed by atoms with Gasteiger partial charge < -0.3 is 23.8 Å². The van der Waals surface area contributed by atoms with Crippen molar-refractivity contribution in [1.29, 1.82) is 0 Å². The Morgan fingerprint density at radius 3 is 2.50 bits per heavy atom. The Bertz CT molecular complexity index is 1380. The zero-order chi connectivity index (χ0) is 27.0. The molecule has 2 aromatic rings. The number of amides is 4. The summed E-state index contributed by atoms with van der Waals surface area (Å²) in [7, 11) is 6.42. The minimum atomic E-state index is -0.656. The number of hydrogen-bond acceptors (Lipinski definition) is 7. The lowest BCUT2D eigenvalue weighted by Gasteiger charge is -2.29. The Hall–Kier alpha value is -4.49. The molecule has 38 heavy (non-hydrogen) atoms. The Morgan fingerprint density at radius 1 is 1.11 bits per heavy atom. The third kappa shape index (κ3) is 4.41. The molecule has 0 spiro atoms. The highest BCUT2D eigenvalue weighted by atomic mass is 16.7. The summed E-state index contributed by atoms with van der Waals surface area (Å²) in [5.41, 5.74) is 2.73. The molecule has 3 heterocycles. The summed E-state index contributed by atoms with van der Waals surface area (Å²) in [6.45, 7) is 1.29. The van der Waals surface area contributed by atoms with Gasteiger partial charge in [0.2, 0.25) is 12.5 Å². The van der Waals surface area contributed by atoms with Crippen molar-refractivity contribution in [3.8, 4) is 34.8 Å². The fraction of sp³-hybridized carbons (Fsp3) is 0.321. The minimum Gasteiger partial charge on any atom is -0.492 e. The molecule has 0 radical (unpaired) electrons. The van der Waals surface area contributed by atoms with Crippen molar-refractivity contribution < 1.29 is 38.2 Å². The van der Waals surface area contributed by atoms with Crippen molar-refractivity contribution in [2.45, 2.75) is 12.5 Å². The maximum Gasteiger partial charge on any atom is 0.333 e. The Labute approximate surface area is 220 Å². The van der Waals surface area contributed by atoms with Gasteiger partial charge in [-0.25, -0.2) is 4.79 Å². The number of likely N-dealkylation sites (N-methyl/N-ethyl adjacent to an activating group) is 3. The molecule has 10 nitrogen and oxygen atoms in total. The largest absolute Gasteiger partial charge is 0.492 e. The van der Waals surface area contributed by atoms with Gasteiger partial charge in [-0.2, -0.15) is 0 Å². The molecule has 4 amide bonds. The number of nitrogens with one attached hydrogen (secondary N) is 1. The van der Waals surface area contributed by atoms with Gasteiger partial charge in [-0.3, -0.25) is 19.4 Å². The smallest absolute Gasteiger partial charge is 0.333 e. The van der Waals surface area contributed by atoms with E-state index in [-0.39, 0.29) is 25.0 Å². The summed E-state index contributed by atoms with van der Waals surface area (Å²) in [6, 6.07) is 8.20. The first-order chi connectivity index (χ1) is 18.3. The summed E-state index contributed by atoms with van der Waals surface area (Å²) in [4.78, 5) is 39.8. The number of barbiturate groups is 1. The number of fused-ring (bicyclic) bond motifs is 2. The molecular formula is C28H28N3O7+. The van der Waals surface area contributed by atoms with Crippen LogP contribution in [0.4, 0.5) is 4.79 Å². The number of rotatable bonds is 4. The normalized spacial score (nSPS) is 20.1. The van der Waals surface area contributed by atoms with Crippen molar-refractivity contribution in [2.24, 2.45) is 0 Å². The predicted molar refractivity (Wildman–Crippen MR) is 136 cm³/mol. The lowest BCUT2D eigenvalue weighted by molar-refractivity contribution is -0.905. The molecule has 3 aliphatic rings. The van der Waals surface area contributed by atoms with E-state index >= 15 is 0 Å². The molecule has 1 saturated heterocycles. The van der Waals surface area contributed by atoms with E-state index in [4.69, 9.17) is 18.9 Å². The van der Waals surface area contributed by atoms with Crippen LogP contribution in [0.3, 0.4) is 0 Å². The first-order valence-electron chi connectivity index (χ1n) is 12.1. The third-order valence-electron chi connectivity index (χ3n) is 6.91. The van der Waals surface area contributed by atoms with Gasteiger partial charge in [0.15, 0.2) is 17.5 Å². The molecule has 0 saturated carbocycles. The maximum absolute atomic E-state index is 12.4. The molecule has 1 N–H and O–H groups in total. The molecule has 1 fully saturated rings. The van der Waals surface area contributed by atoms with E-state index in [9.17, 15) is 14.4 Å². The van der Waals surface area contributed by atoms with E-state index in [1.165, 1.54) is 25.1 Å². The van der Waals surface area contributed by atoms with E-state index < -0.39 is 17.8 Å². The number of urea groups is 1. The van der Waals surface area contributed by atoms with Gasteiger partial charge in [-0.15, -0.1) is 0 Å². The summed E-state index contributed by atoms with van der Waals surface area (Å²) in [5, 5.41) is 0. The first-order valence-corrected chi connectivity index (χ1v) is 12.1. The van der Waals surface area contributed by atoms with Gasteiger partial charge >= 0.3 is 6.03 Å². The Morgan fingerprint density at radius 2 is 1.82 bits per heavy atom. The van der Waals surface area contributed by atoms with Gasteiger partial charge in [-0.1, -0.05) is 18.1 Å². The molecule has 2 aromatic carbocycles. The van der Waals surface area contributed by atoms with Crippen LogP contribution in [0, 0.1) is 11.8 Å². The van der Waals surface area contributed by atoms with Crippen LogP contribution < -0.4 is 23.8 Å². The minimum absolute atomic E-state index is 0.0773.